The molecular weight excluding hydrogens is 805 g/mol. The fraction of sp³-hybridized carbons (Fsp3) is 0.745. The lowest BCUT2D eigenvalue weighted by Crippen LogP contribution is -2.57. The quantitative estimate of drug-likeness (QED) is 0.194. The van der Waals surface area contributed by atoms with Gasteiger partial charge in [-0.2, -0.15) is 0 Å². The molecule has 2 aromatic carbocycles. The van der Waals surface area contributed by atoms with Gasteiger partial charge in [-0.3, -0.25) is 4.79 Å². The average molecular weight is 879 g/mol. The van der Waals surface area contributed by atoms with Gasteiger partial charge >= 0.3 is 5.97 Å². The molecule has 8 rings (SSSR count). The van der Waals surface area contributed by atoms with Gasteiger partial charge in [0.25, 0.3) is 0 Å². The van der Waals surface area contributed by atoms with Crippen molar-refractivity contribution in [3.8, 4) is 5.75 Å². The van der Waals surface area contributed by atoms with Crippen LogP contribution in [0.2, 0.25) is 0 Å². The highest BCUT2D eigenvalue weighted by Crippen LogP contribution is 2.56. The molecule has 63 heavy (non-hydrogen) atoms. The second kappa shape index (κ2) is 18.6. The first-order valence-electron chi connectivity index (χ1n) is 23.8. The molecule has 0 bridgehead atoms. The Labute approximate surface area is 375 Å². The van der Waals surface area contributed by atoms with Crippen LogP contribution in [0.1, 0.15) is 124 Å². The van der Waals surface area contributed by atoms with Crippen molar-refractivity contribution in [3.63, 3.8) is 0 Å². The number of rotatable bonds is 14. The monoisotopic (exact) mass is 879 g/mol. The van der Waals surface area contributed by atoms with Gasteiger partial charge in [0, 0.05) is 43.3 Å². The van der Waals surface area contributed by atoms with Gasteiger partial charge in [-0.15, -0.1) is 0 Å². The summed E-state index contributed by atoms with van der Waals surface area (Å²) in [6, 6.07) is 18.0. The lowest BCUT2D eigenvalue weighted by atomic mass is 9.78. The Morgan fingerprint density at radius 3 is 2.33 bits per heavy atom. The van der Waals surface area contributed by atoms with Gasteiger partial charge in [0.15, 0.2) is 17.9 Å². The Morgan fingerprint density at radius 1 is 0.905 bits per heavy atom. The molecule has 0 unspecified atom stereocenters. The van der Waals surface area contributed by atoms with Crippen LogP contribution in [-0.4, -0.2) is 97.4 Å². The summed E-state index contributed by atoms with van der Waals surface area (Å²) >= 11 is 0. The largest absolute Gasteiger partial charge is 0.497 e. The van der Waals surface area contributed by atoms with Crippen molar-refractivity contribution < 1.29 is 57.3 Å². The molecule has 2 spiro atoms. The normalized spacial score (nSPS) is 43.0. The summed E-state index contributed by atoms with van der Waals surface area (Å²) < 4.78 is 67.0. The van der Waals surface area contributed by atoms with Gasteiger partial charge in [0.1, 0.15) is 12.4 Å². The average Bonchev–Trinajstić information content (AvgIpc) is 4.09. The number of carboxylic acids is 1. The van der Waals surface area contributed by atoms with E-state index in [1.165, 1.54) is 0 Å². The predicted molar refractivity (Wildman–Crippen MR) is 235 cm³/mol. The summed E-state index contributed by atoms with van der Waals surface area (Å²) in [7, 11) is 3.25. The molecule has 12 nitrogen and oxygen atoms in total. The van der Waals surface area contributed by atoms with E-state index in [1.807, 2.05) is 49.4 Å². The maximum Gasteiger partial charge on any atom is 0.308 e. The smallest absolute Gasteiger partial charge is 0.308 e. The minimum absolute atomic E-state index is 0.0375. The van der Waals surface area contributed by atoms with E-state index in [1.54, 1.807) is 21.1 Å². The molecule has 0 saturated carbocycles. The fourth-order valence-electron chi connectivity index (χ4n) is 12.4. The molecule has 18 atom stereocenters. The van der Waals surface area contributed by atoms with E-state index < -0.39 is 47.1 Å². The van der Waals surface area contributed by atoms with Gasteiger partial charge in [0.05, 0.1) is 73.6 Å². The Morgan fingerprint density at radius 2 is 1.65 bits per heavy atom. The highest BCUT2D eigenvalue weighted by molar-refractivity contribution is 5.70. The molecule has 350 valence electrons. The minimum atomic E-state index is -0.921. The molecular formula is C51H74O12. The molecule has 6 aliphatic rings. The molecule has 2 aromatic rings. The lowest BCUT2D eigenvalue weighted by Gasteiger charge is -2.50. The fourth-order valence-corrected chi connectivity index (χ4v) is 12.4. The Balaban J connectivity index is 0.962. The molecule has 0 aromatic heterocycles. The topological polar surface area (TPSA) is 130 Å². The second-order valence-corrected chi connectivity index (χ2v) is 20.4. The molecule has 0 radical (unpaired) electrons. The van der Waals surface area contributed by atoms with Crippen molar-refractivity contribution in [2.45, 2.75) is 185 Å². The predicted octanol–water partition coefficient (Wildman–Crippen LogP) is 9.27. The third kappa shape index (κ3) is 8.99. The van der Waals surface area contributed by atoms with E-state index in [0.717, 1.165) is 55.4 Å². The van der Waals surface area contributed by atoms with Crippen LogP contribution in [-0.2, 0) is 54.0 Å². The molecule has 6 heterocycles. The maximum atomic E-state index is 12.2. The summed E-state index contributed by atoms with van der Waals surface area (Å²) in [5.74, 6) is -2.20. The zero-order chi connectivity index (χ0) is 44.9. The van der Waals surface area contributed by atoms with Crippen LogP contribution in [0.3, 0.4) is 0 Å². The van der Waals surface area contributed by atoms with Crippen molar-refractivity contribution in [3.05, 3.63) is 65.7 Å². The van der Waals surface area contributed by atoms with Crippen LogP contribution in [0.15, 0.2) is 54.6 Å². The van der Waals surface area contributed by atoms with E-state index >= 15 is 0 Å². The molecule has 1 N–H and O–H groups in total. The second-order valence-electron chi connectivity index (χ2n) is 20.4. The first-order chi connectivity index (χ1) is 30.1. The highest BCUT2D eigenvalue weighted by Gasteiger charge is 2.63. The molecule has 6 fully saturated rings. The number of aliphatic carboxylic acids is 1. The molecule has 6 aliphatic heterocycles. The van der Waals surface area contributed by atoms with Crippen molar-refractivity contribution in [2.24, 2.45) is 35.5 Å². The number of carboxylic acid groups (broad SMARTS) is 1. The van der Waals surface area contributed by atoms with Crippen molar-refractivity contribution in [2.75, 3.05) is 20.8 Å². The van der Waals surface area contributed by atoms with Gasteiger partial charge in [-0.05, 0) is 81.9 Å². The van der Waals surface area contributed by atoms with Crippen LogP contribution < -0.4 is 4.74 Å². The SMILES string of the molecule is CC[C@@]1([C@@H]2O[C@H]([C@H]3O[C@@]4(CO[C@@H](c5ccc(OC)cc5)O4)[C@H](C)C[C@@H]3C)C[C@@H]2C)CC[C@H]([C@@]2(C)CC[C@]3(C[C@H](OCc4ccccc4)[C@@H](C)[C@@H]([C@@H](C)[C@@H](OC)[C@H](C)C(=O)O)O3)O2)O1. The van der Waals surface area contributed by atoms with Crippen molar-refractivity contribution in [1.29, 1.82) is 0 Å². The number of ether oxygens (including phenoxy) is 10. The molecule has 0 aliphatic carbocycles. The van der Waals surface area contributed by atoms with Crippen LogP contribution in [0.4, 0.5) is 0 Å². The maximum absolute atomic E-state index is 12.2. The van der Waals surface area contributed by atoms with E-state index in [4.69, 9.17) is 47.4 Å². The third-order valence-corrected chi connectivity index (χ3v) is 16.2. The lowest BCUT2D eigenvalue weighted by molar-refractivity contribution is -0.339. The first kappa shape index (κ1) is 46.9. The Kier molecular flexibility index (Phi) is 13.8. The van der Waals surface area contributed by atoms with Gasteiger partial charge < -0.3 is 52.5 Å². The molecule has 6 saturated heterocycles. The summed E-state index contributed by atoms with van der Waals surface area (Å²) in [4.78, 5) is 12.2. The zero-order valence-corrected chi connectivity index (χ0v) is 39.3. The van der Waals surface area contributed by atoms with Crippen molar-refractivity contribution in [1.82, 2.24) is 0 Å². The number of hydrogen-bond donors (Lipinski definition) is 1. The van der Waals surface area contributed by atoms with Crippen LogP contribution in [0.5, 0.6) is 5.75 Å². The minimum Gasteiger partial charge on any atom is -0.497 e. The first-order valence-corrected chi connectivity index (χ1v) is 23.8. The standard InChI is InChI=1S/C51H74O12/c1-11-49(45-31(3)26-39(58-45)42-30(2)25-32(4)51(61-42)29-57-47(62-51)37-17-19-38(54-9)20-18-37)22-21-41(59-49)48(8)23-24-50(63-48)27-40(56-28-36-15-13-12-14-16-36)33(5)44(60-50)34(6)43(55-10)35(7)46(52)53/h12-20,30-35,39-45,47H,11,21-29H2,1-10H3,(H,52,53)/t30-,31-,32+,33+,34-,35-,39-,40-,41+,42-,43+,44-,45+,47+,48+,49-,50+,51+/m0/s1. The zero-order valence-electron chi connectivity index (χ0n) is 39.3. The number of hydrogen-bond acceptors (Lipinski definition) is 11. The van der Waals surface area contributed by atoms with Gasteiger partial charge in [-0.1, -0.05) is 84.0 Å². The van der Waals surface area contributed by atoms with Crippen LogP contribution in [0, 0.1) is 35.5 Å². The number of benzene rings is 2. The Bertz CT molecular complexity index is 1850. The number of carbonyl (C=O) groups is 1. The Hall–Kier alpha value is -2.65. The van der Waals surface area contributed by atoms with Crippen LogP contribution >= 0.6 is 0 Å². The van der Waals surface area contributed by atoms with E-state index in [2.05, 4.69) is 53.7 Å². The summed E-state index contributed by atoms with van der Waals surface area (Å²) in [5, 5.41) is 10.0. The highest BCUT2D eigenvalue weighted by atomic mass is 16.8. The third-order valence-electron chi connectivity index (χ3n) is 16.2. The number of methoxy groups -OCH3 is 2. The van der Waals surface area contributed by atoms with Gasteiger partial charge in [0.2, 0.25) is 0 Å². The summed E-state index contributed by atoms with van der Waals surface area (Å²) in [6.45, 7) is 17.9. The summed E-state index contributed by atoms with van der Waals surface area (Å²) in [6.07, 6.45) is 4.21. The van der Waals surface area contributed by atoms with E-state index in [-0.39, 0.29) is 66.2 Å². The van der Waals surface area contributed by atoms with E-state index in [0.29, 0.717) is 26.1 Å². The van der Waals surface area contributed by atoms with E-state index in [9.17, 15) is 9.90 Å². The van der Waals surface area contributed by atoms with Gasteiger partial charge in [-0.25, -0.2) is 0 Å². The van der Waals surface area contributed by atoms with Crippen molar-refractivity contribution >= 4 is 5.97 Å². The summed E-state index contributed by atoms with van der Waals surface area (Å²) in [5.41, 5.74) is 0.943. The molecule has 12 heteroatoms. The molecule has 0 amide bonds. The van der Waals surface area contributed by atoms with Crippen LogP contribution in [0.25, 0.3) is 0 Å².